The fourth-order valence-electron chi connectivity index (χ4n) is 3.44. The molecule has 1 heterocycles. The Morgan fingerprint density at radius 1 is 1.09 bits per heavy atom. The number of nitrogens with zero attached hydrogens (tertiary/aromatic N) is 1. The van der Waals surface area contributed by atoms with Crippen LogP contribution in [-0.2, 0) is 17.8 Å². The Bertz CT molecular complexity index is 1330. The van der Waals surface area contributed by atoms with Crippen molar-refractivity contribution in [3.8, 4) is 11.5 Å². The van der Waals surface area contributed by atoms with Crippen molar-refractivity contribution in [3.63, 3.8) is 0 Å². The van der Waals surface area contributed by atoms with E-state index in [2.05, 4.69) is 5.32 Å². The molecule has 0 unspecified atom stereocenters. The number of nitrogens with one attached hydrogen (secondary N) is 1. The van der Waals surface area contributed by atoms with Crippen molar-refractivity contribution in [2.24, 2.45) is 7.05 Å². The third-order valence-electron chi connectivity index (χ3n) is 5.48. The van der Waals surface area contributed by atoms with Crippen LogP contribution in [-0.4, -0.2) is 29.9 Å². The number of anilines is 1. The van der Waals surface area contributed by atoms with E-state index in [1.807, 2.05) is 0 Å². The smallest absolute Gasteiger partial charge is 0.416 e. The molecular formula is C23H24F3N2O5P. The first-order valence-corrected chi connectivity index (χ1v) is 12.4. The van der Waals surface area contributed by atoms with E-state index >= 15 is 0 Å². The molecule has 1 amide bonds. The topological polar surface area (TPSA) is 86.6 Å². The molecular weight excluding hydrogens is 472 g/mol. The zero-order valence-corrected chi connectivity index (χ0v) is 19.9. The largest absolute Gasteiger partial charge is 0.496 e. The fraction of sp³-hybridized carbons (Fsp3) is 0.304. The molecule has 3 rings (SSSR count). The number of aromatic nitrogens is 1. The Balaban J connectivity index is 2.22. The van der Waals surface area contributed by atoms with Gasteiger partial charge in [-0.1, -0.05) is 19.9 Å². The molecule has 0 radical (unpaired) electrons. The maximum Gasteiger partial charge on any atom is 0.416 e. The first-order chi connectivity index (χ1) is 16.0. The molecule has 0 saturated heterocycles. The third kappa shape index (κ3) is 4.82. The van der Waals surface area contributed by atoms with Gasteiger partial charge in [0.15, 0.2) is 5.75 Å². The van der Waals surface area contributed by atoms with Gasteiger partial charge in [-0.2, -0.15) is 13.2 Å². The maximum absolute atomic E-state index is 13.2. The Morgan fingerprint density at radius 3 is 2.24 bits per heavy atom. The summed E-state index contributed by atoms with van der Waals surface area (Å²) in [6.45, 7) is 3.35. The number of rotatable bonds is 7. The first-order valence-electron chi connectivity index (χ1n) is 10.4. The quantitative estimate of drug-likeness (QED) is 0.436. The number of halogens is 3. The molecule has 0 saturated carbocycles. The predicted octanol–water partition coefficient (Wildman–Crippen LogP) is 5.51. The second-order valence-electron chi connectivity index (χ2n) is 7.49. The molecule has 0 aliphatic rings. The Kier molecular flexibility index (Phi) is 7.12. The van der Waals surface area contributed by atoms with Crippen molar-refractivity contribution < 1.29 is 31.8 Å². The zero-order chi connectivity index (χ0) is 25.3. The predicted molar refractivity (Wildman–Crippen MR) is 124 cm³/mol. The van der Waals surface area contributed by atoms with Crippen LogP contribution in [0, 0.1) is 0 Å². The summed E-state index contributed by atoms with van der Waals surface area (Å²) in [5.74, 6) is -0.806. The van der Waals surface area contributed by atoms with E-state index in [1.54, 1.807) is 32.0 Å². The highest BCUT2D eigenvalue weighted by Gasteiger charge is 2.31. The molecule has 1 N–H and O–H groups in total. The number of aryl methyl sites for hydroxylation is 1. The minimum Gasteiger partial charge on any atom is -0.496 e. The van der Waals surface area contributed by atoms with Crippen LogP contribution in [0.5, 0.6) is 11.5 Å². The van der Waals surface area contributed by atoms with Gasteiger partial charge in [0.25, 0.3) is 11.5 Å². The van der Waals surface area contributed by atoms with Crippen molar-refractivity contribution >= 4 is 29.9 Å². The summed E-state index contributed by atoms with van der Waals surface area (Å²) in [7, 11) is -0.388. The summed E-state index contributed by atoms with van der Waals surface area (Å²) < 4.78 is 64.3. The first kappa shape index (κ1) is 25.4. The number of benzene rings is 2. The van der Waals surface area contributed by atoms with Crippen LogP contribution in [0.1, 0.15) is 29.8 Å². The SMILES string of the molecule is CCP(=O)(CC)Oc1c(C(=O)Nc2ccc(C(F)(F)F)cc2)c(=O)n(C)c2cccc(OC)c12. The minimum atomic E-state index is -4.53. The number of fused-ring (bicyclic) bond motifs is 1. The average Bonchev–Trinajstić information content (AvgIpc) is 2.81. The fourth-order valence-corrected chi connectivity index (χ4v) is 4.66. The number of methoxy groups -OCH3 is 1. The Hall–Kier alpha value is -3.26. The number of hydrogen-bond acceptors (Lipinski definition) is 5. The highest BCUT2D eigenvalue weighted by molar-refractivity contribution is 7.59. The van der Waals surface area contributed by atoms with Crippen LogP contribution >= 0.6 is 7.37 Å². The number of ether oxygens (including phenoxy) is 1. The molecule has 3 aromatic rings. The van der Waals surface area contributed by atoms with E-state index in [9.17, 15) is 27.3 Å². The maximum atomic E-state index is 13.2. The van der Waals surface area contributed by atoms with Crippen molar-refractivity contribution in [1.29, 1.82) is 0 Å². The van der Waals surface area contributed by atoms with Crippen molar-refractivity contribution in [3.05, 3.63) is 63.9 Å². The van der Waals surface area contributed by atoms with E-state index in [1.165, 1.54) is 18.7 Å². The Labute approximate surface area is 193 Å². The molecule has 0 atom stereocenters. The summed E-state index contributed by atoms with van der Waals surface area (Å²) in [5, 5.41) is 2.72. The summed E-state index contributed by atoms with van der Waals surface area (Å²) in [6, 6.07) is 8.69. The van der Waals surface area contributed by atoms with Crippen LogP contribution in [0.25, 0.3) is 10.9 Å². The van der Waals surface area contributed by atoms with Gasteiger partial charge < -0.3 is 19.1 Å². The number of carbonyl (C=O) groups excluding carboxylic acids is 1. The Morgan fingerprint density at radius 2 is 1.71 bits per heavy atom. The lowest BCUT2D eigenvalue weighted by Crippen LogP contribution is -2.29. The molecule has 0 aliphatic carbocycles. The van der Waals surface area contributed by atoms with Gasteiger partial charge in [0.1, 0.15) is 11.3 Å². The van der Waals surface area contributed by atoms with Gasteiger partial charge in [-0.15, -0.1) is 0 Å². The number of carbonyl (C=O) groups is 1. The van der Waals surface area contributed by atoms with E-state index in [4.69, 9.17) is 9.26 Å². The number of hydrogen-bond donors (Lipinski definition) is 1. The van der Waals surface area contributed by atoms with Gasteiger partial charge in [-0.3, -0.25) is 14.2 Å². The molecule has 11 heteroatoms. The van der Waals surface area contributed by atoms with Crippen LogP contribution in [0.3, 0.4) is 0 Å². The van der Waals surface area contributed by atoms with Crippen LogP contribution in [0.15, 0.2) is 47.3 Å². The lowest BCUT2D eigenvalue weighted by atomic mass is 10.1. The average molecular weight is 496 g/mol. The van der Waals surface area contributed by atoms with Gasteiger partial charge in [-0.25, -0.2) is 0 Å². The lowest BCUT2D eigenvalue weighted by Gasteiger charge is -2.22. The van der Waals surface area contributed by atoms with E-state index in [0.29, 0.717) is 11.3 Å². The second kappa shape index (κ2) is 9.54. The lowest BCUT2D eigenvalue weighted by molar-refractivity contribution is -0.137. The summed E-state index contributed by atoms with van der Waals surface area (Å²) >= 11 is 0. The standard InChI is InChI=1S/C23H24F3N2O5P/c1-5-34(31,6-2)33-20-18-16(8-7-9-17(18)32-4)28(3)22(30)19(20)21(29)27-15-12-10-14(11-13-15)23(24,25)26/h7-13H,5-6H2,1-4H3,(H,27,29). The van der Waals surface area contributed by atoms with Crippen molar-refractivity contribution in [2.45, 2.75) is 20.0 Å². The van der Waals surface area contributed by atoms with Crippen molar-refractivity contribution in [2.75, 3.05) is 24.8 Å². The molecule has 0 aliphatic heterocycles. The van der Waals surface area contributed by atoms with Crippen LogP contribution in [0.2, 0.25) is 0 Å². The van der Waals surface area contributed by atoms with E-state index in [-0.39, 0.29) is 29.1 Å². The van der Waals surface area contributed by atoms with Crippen molar-refractivity contribution in [1.82, 2.24) is 4.57 Å². The second-order valence-corrected chi connectivity index (χ2v) is 10.6. The van der Waals surface area contributed by atoms with Gasteiger partial charge >= 0.3 is 6.18 Å². The van der Waals surface area contributed by atoms with Gasteiger partial charge in [0.05, 0.1) is 23.6 Å². The minimum absolute atomic E-state index is 0.0419. The summed E-state index contributed by atoms with van der Waals surface area (Å²) in [6.07, 6.45) is -4.21. The summed E-state index contributed by atoms with van der Waals surface area (Å²) in [4.78, 5) is 26.5. The monoisotopic (exact) mass is 496 g/mol. The summed E-state index contributed by atoms with van der Waals surface area (Å²) in [5.41, 5.74) is -1.60. The molecule has 0 fully saturated rings. The number of alkyl halides is 3. The molecule has 2 aromatic carbocycles. The zero-order valence-electron chi connectivity index (χ0n) is 19.0. The molecule has 0 bridgehead atoms. The van der Waals surface area contributed by atoms with E-state index < -0.39 is 36.1 Å². The van der Waals surface area contributed by atoms with Gasteiger partial charge in [-0.05, 0) is 36.4 Å². The molecule has 182 valence electrons. The molecule has 7 nitrogen and oxygen atoms in total. The molecule has 34 heavy (non-hydrogen) atoms. The third-order valence-corrected chi connectivity index (χ3v) is 7.92. The normalized spacial score (nSPS) is 12.0. The molecule has 1 aromatic heterocycles. The van der Waals surface area contributed by atoms with Gasteiger partial charge in [0, 0.05) is 25.1 Å². The van der Waals surface area contributed by atoms with Gasteiger partial charge in [0.2, 0.25) is 7.37 Å². The highest BCUT2D eigenvalue weighted by atomic mass is 31.2. The molecule has 0 spiro atoms. The number of pyridine rings is 1. The van der Waals surface area contributed by atoms with Crippen LogP contribution < -0.4 is 20.1 Å². The van der Waals surface area contributed by atoms with Crippen LogP contribution in [0.4, 0.5) is 18.9 Å². The van der Waals surface area contributed by atoms with E-state index in [0.717, 1.165) is 24.3 Å². The number of amides is 1. The highest BCUT2D eigenvalue weighted by Crippen LogP contribution is 2.50.